The maximum absolute atomic E-state index is 3.57. The SMILES string of the molecule is Cc1cc(C)c(C2CC2CBr)cc1C. The number of rotatable bonds is 2. The fraction of sp³-hybridized carbons (Fsp3) is 0.538. The van der Waals surface area contributed by atoms with Crippen molar-refractivity contribution in [1.29, 1.82) is 0 Å². The van der Waals surface area contributed by atoms with Gasteiger partial charge in [0.15, 0.2) is 0 Å². The molecule has 0 aliphatic heterocycles. The molecule has 0 amide bonds. The number of alkyl halides is 1. The van der Waals surface area contributed by atoms with Gasteiger partial charge in [-0.1, -0.05) is 28.1 Å². The maximum Gasteiger partial charge on any atom is 0.00657 e. The summed E-state index contributed by atoms with van der Waals surface area (Å²) < 4.78 is 0. The van der Waals surface area contributed by atoms with E-state index in [0.717, 1.165) is 17.2 Å². The number of hydrogen-bond donors (Lipinski definition) is 0. The minimum absolute atomic E-state index is 0.827. The van der Waals surface area contributed by atoms with Crippen LogP contribution in [0, 0.1) is 26.7 Å². The highest BCUT2D eigenvalue weighted by atomic mass is 79.9. The van der Waals surface area contributed by atoms with E-state index in [1.165, 1.54) is 23.1 Å². The Labute approximate surface area is 94.8 Å². The minimum atomic E-state index is 0.827. The van der Waals surface area contributed by atoms with Crippen molar-refractivity contribution in [3.05, 3.63) is 34.4 Å². The molecule has 0 N–H and O–H groups in total. The van der Waals surface area contributed by atoms with Gasteiger partial charge in [-0.15, -0.1) is 0 Å². The van der Waals surface area contributed by atoms with Crippen LogP contribution in [0.1, 0.15) is 34.6 Å². The molecule has 1 heteroatoms. The van der Waals surface area contributed by atoms with Crippen LogP contribution in [0.25, 0.3) is 0 Å². The zero-order valence-corrected chi connectivity index (χ0v) is 10.7. The summed E-state index contributed by atoms with van der Waals surface area (Å²) in [6.45, 7) is 6.65. The van der Waals surface area contributed by atoms with E-state index in [1.54, 1.807) is 5.56 Å². The Bertz CT molecular complexity index is 354. The van der Waals surface area contributed by atoms with E-state index in [9.17, 15) is 0 Å². The highest BCUT2D eigenvalue weighted by Crippen LogP contribution is 2.49. The van der Waals surface area contributed by atoms with Gasteiger partial charge in [-0.05, 0) is 61.3 Å². The lowest BCUT2D eigenvalue weighted by Gasteiger charge is -2.09. The average Bonchev–Trinajstić information content (AvgIpc) is 2.90. The van der Waals surface area contributed by atoms with E-state index in [-0.39, 0.29) is 0 Å². The Morgan fingerprint density at radius 2 is 1.79 bits per heavy atom. The molecule has 0 aromatic heterocycles. The van der Waals surface area contributed by atoms with Crippen LogP contribution in [0.5, 0.6) is 0 Å². The molecular formula is C13H17Br. The van der Waals surface area contributed by atoms with Crippen molar-refractivity contribution < 1.29 is 0 Å². The molecule has 0 heterocycles. The standard InChI is InChI=1S/C13H17Br/c1-8-4-10(3)12(5-9(8)2)13-6-11(13)7-14/h4-5,11,13H,6-7H2,1-3H3. The molecule has 2 unspecified atom stereocenters. The van der Waals surface area contributed by atoms with Crippen molar-refractivity contribution >= 4 is 15.9 Å². The molecule has 0 nitrogen and oxygen atoms in total. The molecular weight excluding hydrogens is 236 g/mol. The van der Waals surface area contributed by atoms with Crippen LogP contribution in [-0.2, 0) is 0 Å². The van der Waals surface area contributed by atoms with Crippen molar-refractivity contribution in [1.82, 2.24) is 0 Å². The van der Waals surface area contributed by atoms with Crippen molar-refractivity contribution in [2.24, 2.45) is 5.92 Å². The first-order chi connectivity index (χ1) is 6.63. The largest absolute Gasteiger partial charge is 0.0925 e. The molecule has 0 saturated heterocycles. The summed E-state index contributed by atoms with van der Waals surface area (Å²) >= 11 is 3.57. The summed E-state index contributed by atoms with van der Waals surface area (Å²) in [5.74, 6) is 1.71. The Hall–Kier alpha value is -0.300. The first-order valence-electron chi connectivity index (χ1n) is 5.27. The van der Waals surface area contributed by atoms with Crippen LogP contribution in [0.3, 0.4) is 0 Å². The zero-order chi connectivity index (χ0) is 10.3. The van der Waals surface area contributed by atoms with E-state index in [1.807, 2.05) is 0 Å². The van der Waals surface area contributed by atoms with Gasteiger partial charge in [0, 0.05) is 5.33 Å². The van der Waals surface area contributed by atoms with E-state index in [0.29, 0.717) is 0 Å². The molecule has 1 fully saturated rings. The molecule has 14 heavy (non-hydrogen) atoms. The first kappa shape index (κ1) is 10.2. The predicted octanol–water partition coefficient (Wildman–Crippen LogP) is 4.11. The predicted molar refractivity (Wildman–Crippen MR) is 65.3 cm³/mol. The zero-order valence-electron chi connectivity index (χ0n) is 9.10. The van der Waals surface area contributed by atoms with E-state index < -0.39 is 0 Å². The molecule has 1 aromatic carbocycles. The fourth-order valence-corrected chi connectivity index (χ4v) is 2.90. The summed E-state index contributed by atoms with van der Waals surface area (Å²) in [6.07, 6.45) is 1.37. The van der Waals surface area contributed by atoms with Gasteiger partial charge in [-0.3, -0.25) is 0 Å². The van der Waals surface area contributed by atoms with Gasteiger partial charge < -0.3 is 0 Å². The quantitative estimate of drug-likeness (QED) is 0.696. The lowest BCUT2D eigenvalue weighted by molar-refractivity contribution is 0.926. The number of benzene rings is 1. The van der Waals surface area contributed by atoms with Gasteiger partial charge in [0.1, 0.15) is 0 Å². The van der Waals surface area contributed by atoms with Crippen LogP contribution >= 0.6 is 15.9 Å². The summed E-state index contributed by atoms with van der Waals surface area (Å²) in [5, 5.41) is 1.16. The van der Waals surface area contributed by atoms with E-state index in [2.05, 4.69) is 48.8 Å². The molecule has 1 aliphatic rings. The number of hydrogen-bond acceptors (Lipinski definition) is 0. The van der Waals surface area contributed by atoms with Crippen molar-refractivity contribution in [3.8, 4) is 0 Å². The molecule has 76 valence electrons. The Kier molecular flexibility index (Phi) is 2.70. The van der Waals surface area contributed by atoms with Crippen LogP contribution in [0.4, 0.5) is 0 Å². The number of halogens is 1. The van der Waals surface area contributed by atoms with Crippen LogP contribution in [-0.4, -0.2) is 5.33 Å². The molecule has 2 rings (SSSR count). The Balaban J connectivity index is 2.31. The second-order valence-corrected chi connectivity index (χ2v) is 5.20. The third-order valence-electron chi connectivity index (χ3n) is 3.40. The second-order valence-electron chi connectivity index (χ2n) is 4.55. The third kappa shape index (κ3) is 1.75. The minimum Gasteiger partial charge on any atom is -0.0925 e. The monoisotopic (exact) mass is 252 g/mol. The number of aryl methyl sites for hydroxylation is 3. The van der Waals surface area contributed by atoms with Gasteiger partial charge in [0.2, 0.25) is 0 Å². The molecule has 1 saturated carbocycles. The Morgan fingerprint density at radius 3 is 2.36 bits per heavy atom. The topological polar surface area (TPSA) is 0 Å². The van der Waals surface area contributed by atoms with Crippen LogP contribution in [0.15, 0.2) is 12.1 Å². The van der Waals surface area contributed by atoms with Crippen molar-refractivity contribution in [2.45, 2.75) is 33.1 Å². The first-order valence-corrected chi connectivity index (χ1v) is 6.39. The highest BCUT2D eigenvalue weighted by Gasteiger charge is 2.37. The smallest absolute Gasteiger partial charge is 0.00657 e. The van der Waals surface area contributed by atoms with Crippen molar-refractivity contribution in [2.75, 3.05) is 5.33 Å². The molecule has 0 spiro atoms. The van der Waals surface area contributed by atoms with Gasteiger partial charge >= 0.3 is 0 Å². The maximum atomic E-state index is 3.57. The fourth-order valence-electron chi connectivity index (χ4n) is 2.18. The van der Waals surface area contributed by atoms with Gasteiger partial charge in [-0.2, -0.15) is 0 Å². The van der Waals surface area contributed by atoms with E-state index >= 15 is 0 Å². The van der Waals surface area contributed by atoms with E-state index in [4.69, 9.17) is 0 Å². The van der Waals surface area contributed by atoms with Gasteiger partial charge in [0.05, 0.1) is 0 Å². The summed E-state index contributed by atoms with van der Waals surface area (Å²) in [5.41, 5.74) is 5.91. The second kappa shape index (κ2) is 3.69. The van der Waals surface area contributed by atoms with Crippen LogP contribution in [0.2, 0.25) is 0 Å². The lowest BCUT2D eigenvalue weighted by atomic mass is 9.97. The average molecular weight is 253 g/mol. The summed E-state index contributed by atoms with van der Waals surface area (Å²) in [7, 11) is 0. The molecule has 1 aromatic rings. The normalized spacial score (nSPS) is 25.1. The van der Waals surface area contributed by atoms with Gasteiger partial charge in [0.25, 0.3) is 0 Å². The molecule has 2 atom stereocenters. The Morgan fingerprint density at radius 1 is 1.14 bits per heavy atom. The van der Waals surface area contributed by atoms with Crippen LogP contribution < -0.4 is 0 Å². The molecule has 0 bridgehead atoms. The van der Waals surface area contributed by atoms with Gasteiger partial charge in [-0.25, -0.2) is 0 Å². The third-order valence-corrected chi connectivity index (χ3v) is 4.23. The lowest BCUT2D eigenvalue weighted by Crippen LogP contribution is -1.92. The molecule has 0 radical (unpaired) electrons. The summed E-state index contributed by atoms with van der Waals surface area (Å²) in [4.78, 5) is 0. The molecule has 1 aliphatic carbocycles. The van der Waals surface area contributed by atoms with Crippen molar-refractivity contribution in [3.63, 3.8) is 0 Å². The highest BCUT2D eigenvalue weighted by molar-refractivity contribution is 9.09. The summed E-state index contributed by atoms with van der Waals surface area (Å²) in [6, 6.07) is 4.71.